The maximum atomic E-state index is 12.1. The van der Waals surface area contributed by atoms with Gasteiger partial charge >= 0.3 is 0 Å². The van der Waals surface area contributed by atoms with Crippen LogP contribution in [0.15, 0.2) is 41.1 Å². The third-order valence-electron chi connectivity index (χ3n) is 3.10. The topological polar surface area (TPSA) is 51.2 Å². The maximum absolute atomic E-state index is 12.1. The number of thiazole rings is 1. The summed E-state index contributed by atoms with van der Waals surface area (Å²) >= 11 is 2.97. The number of thiophene rings is 1. The van der Waals surface area contributed by atoms with Crippen molar-refractivity contribution in [2.24, 2.45) is 0 Å². The van der Waals surface area contributed by atoms with Crippen molar-refractivity contribution in [1.29, 1.82) is 0 Å². The van der Waals surface area contributed by atoms with E-state index in [1.165, 1.54) is 11.3 Å². The quantitative estimate of drug-likeness (QED) is 0.769. The Morgan fingerprint density at radius 1 is 1.18 bits per heavy atom. The van der Waals surface area contributed by atoms with Crippen LogP contribution in [-0.2, 0) is 0 Å². The molecule has 112 valence electrons. The first-order valence-electron chi connectivity index (χ1n) is 6.62. The molecule has 0 spiro atoms. The molecule has 0 saturated carbocycles. The first kappa shape index (κ1) is 14.7. The Bertz CT molecular complexity index is 791. The second-order valence-corrected chi connectivity index (χ2v) is 6.64. The molecule has 2 heterocycles. The minimum Gasteiger partial charge on any atom is -0.497 e. The van der Waals surface area contributed by atoms with Gasteiger partial charge in [-0.25, -0.2) is 4.98 Å². The number of anilines is 1. The monoisotopic (exact) mass is 330 g/mol. The third kappa shape index (κ3) is 3.18. The first-order valence-corrected chi connectivity index (χ1v) is 8.38. The summed E-state index contributed by atoms with van der Waals surface area (Å²) in [5.74, 6) is 0.681. The highest BCUT2D eigenvalue weighted by Gasteiger charge is 2.11. The molecule has 0 aliphatic rings. The molecule has 22 heavy (non-hydrogen) atoms. The number of nitrogens with zero attached hydrogens (tertiary/aromatic N) is 1. The summed E-state index contributed by atoms with van der Waals surface area (Å²) in [4.78, 5) is 17.7. The molecule has 3 rings (SSSR count). The number of carbonyl (C=O) groups is 1. The molecule has 1 N–H and O–H groups in total. The van der Waals surface area contributed by atoms with E-state index in [-0.39, 0.29) is 5.91 Å². The zero-order valence-electron chi connectivity index (χ0n) is 12.1. The molecule has 1 aromatic carbocycles. The van der Waals surface area contributed by atoms with E-state index in [1.54, 1.807) is 18.4 Å². The molecule has 0 fully saturated rings. The van der Waals surface area contributed by atoms with Gasteiger partial charge in [0.2, 0.25) is 0 Å². The molecule has 0 unspecified atom stereocenters. The van der Waals surface area contributed by atoms with Gasteiger partial charge in [0, 0.05) is 21.2 Å². The van der Waals surface area contributed by atoms with Crippen LogP contribution in [-0.4, -0.2) is 18.0 Å². The molecule has 6 heteroatoms. The van der Waals surface area contributed by atoms with E-state index < -0.39 is 0 Å². The fourth-order valence-corrected chi connectivity index (χ4v) is 3.36. The lowest BCUT2D eigenvalue weighted by atomic mass is 10.2. The molecular formula is C16H14N2O2S2. The minimum atomic E-state index is -0.125. The van der Waals surface area contributed by atoms with E-state index >= 15 is 0 Å². The van der Waals surface area contributed by atoms with Gasteiger partial charge in [-0.15, -0.1) is 22.7 Å². The van der Waals surface area contributed by atoms with Gasteiger partial charge in [-0.05, 0) is 37.3 Å². The van der Waals surface area contributed by atoms with Crippen molar-refractivity contribution in [1.82, 2.24) is 4.98 Å². The van der Waals surface area contributed by atoms with Crippen molar-refractivity contribution < 1.29 is 9.53 Å². The van der Waals surface area contributed by atoms with Crippen LogP contribution in [0.3, 0.4) is 0 Å². The SMILES string of the molecule is COc1ccc(-c2csc(NC(=O)c3csc(C)c3)n2)cc1. The standard InChI is InChI=1S/C16H14N2O2S2/c1-10-7-12(8-21-10)15(19)18-16-17-14(9-22-16)11-3-5-13(20-2)6-4-11/h3-9H,1-2H3,(H,17,18,19). The van der Waals surface area contributed by atoms with Crippen LogP contribution in [0, 0.1) is 6.92 Å². The number of ether oxygens (including phenoxy) is 1. The number of benzene rings is 1. The molecule has 0 saturated heterocycles. The van der Waals surface area contributed by atoms with Crippen molar-refractivity contribution in [2.45, 2.75) is 6.92 Å². The molecule has 1 amide bonds. The van der Waals surface area contributed by atoms with Crippen LogP contribution in [0.5, 0.6) is 5.75 Å². The van der Waals surface area contributed by atoms with Crippen molar-refractivity contribution in [3.63, 3.8) is 0 Å². The number of carbonyl (C=O) groups excluding carboxylic acids is 1. The summed E-state index contributed by atoms with van der Waals surface area (Å²) in [6.45, 7) is 1.98. The number of aromatic nitrogens is 1. The molecule has 4 nitrogen and oxygen atoms in total. The fraction of sp³-hybridized carbons (Fsp3) is 0.125. The van der Waals surface area contributed by atoms with Gasteiger partial charge in [-0.2, -0.15) is 0 Å². The highest BCUT2D eigenvalue weighted by atomic mass is 32.1. The highest BCUT2D eigenvalue weighted by molar-refractivity contribution is 7.14. The van der Waals surface area contributed by atoms with Gasteiger partial charge in [0.1, 0.15) is 5.75 Å². The van der Waals surface area contributed by atoms with E-state index in [0.717, 1.165) is 21.9 Å². The van der Waals surface area contributed by atoms with Gasteiger partial charge < -0.3 is 4.74 Å². The molecule has 0 aliphatic heterocycles. The van der Waals surface area contributed by atoms with Gasteiger partial charge in [0.25, 0.3) is 5.91 Å². The van der Waals surface area contributed by atoms with E-state index in [2.05, 4.69) is 10.3 Å². The van der Waals surface area contributed by atoms with Gasteiger partial charge in [0.15, 0.2) is 5.13 Å². The third-order valence-corrected chi connectivity index (χ3v) is 4.72. The summed E-state index contributed by atoms with van der Waals surface area (Å²) in [6.07, 6.45) is 0. The number of amides is 1. The van der Waals surface area contributed by atoms with Gasteiger partial charge in [-0.3, -0.25) is 10.1 Å². The van der Waals surface area contributed by atoms with Crippen LogP contribution >= 0.6 is 22.7 Å². The van der Waals surface area contributed by atoms with Crippen molar-refractivity contribution in [3.8, 4) is 17.0 Å². The predicted octanol–water partition coefficient (Wildman–Crippen LogP) is 4.44. The lowest BCUT2D eigenvalue weighted by molar-refractivity contribution is 0.102. The van der Waals surface area contributed by atoms with E-state index in [9.17, 15) is 4.79 Å². The molecular weight excluding hydrogens is 316 g/mol. The summed E-state index contributed by atoms with van der Waals surface area (Å²) in [5.41, 5.74) is 2.50. The average molecular weight is 330 g/mol. The molecule has 0 bridgehead atoms. The van der Waals surface area contributed by atoms with E-state index in [4.69, 9.17) is 4.74 Å². The van der Waals surface area contributed by atoms with Crippen LogP contribution in [0.25, 0.3) is 11.3 Å². The van der Waals surface area contributed by atoms with Gasteiger partial charge in [-0.1, -0.05) is 0 Å². The molecule has 0 atom stereocenters. The smallest absolute Gasteiger partial charge is 0.258 e. The van der Waals surface area contributed by atoms with E-state index in [1.807, 2.05) is 48.0 Å². The lowest BCUT2D eigenvalue weighted by Gasteiger charge is -2.01. The number of nitrogens with one attached hydrogen (secondary N) is 1. The number of rotatable bonds is 4. The minimum absolute atomic E-state index is 0.125. The second kappa shape index (κ2) is 6.29. The normalized spacial score (nSPS) is 10.5. The van der Waals surface area contributed by atoms with Crippen molar-refractivity contribution in [2.75, 3.05) is 12.4 Å². The summed E-state index contributed by atoms with van der Waals surface area (Å²) < 4.78 is 5.14. The lowest BCUT2D eigenvalue weighted by Crippen LogP contribution is -2.10. The van der Waals surface area contributed by atoms with Crippen molar-refractivity contribution >= 4 is 33.7 Å². The molecule has 3 aromatic rings. The van der Waals surface area contributed by atoms with Gasteiger partial charge in [0.05, 0.1) is 18.4 Å². The Morgan fingerprint density at radius 2 is 1.95 bits per heavy atom. The summed E-state index contributed by atoms with van der Waals surface area (Å²) in [6, 6.07) is 9.55. The summed E-state index contributed by atoms with van der Waals surface area (Å²) in [7, 11) is 1.64. The molecule has 2 aromatic heterocycles. The van der Waals surface area contributed by atoms with Crippen LogP contribution in [0.2, 0.25) is 0 Å². The molecule has 0 aliphatic carbocycles. The molecule has 0 radical (unpaired) electrons. The fourth-order valence-electron chi connectivity index (χ4n) is 1.96. The Labute approximate surface area is 136 Å². The van der Waals surface area contributed by atoms with Crippen LogP contribution in [0.1, 0.15) is 15.2 Å². The first-order chi connectivity index (χ1) is 10.7. The Hall–Kier alpha value is -2.18. The summed E-state index contributed by atoms with van der Waals surface area (Å²) in [5, 5.41) is 7.21. The van der Waals surface area contributed by atoms with E-state index in [0.29, 0.717) is 10.7 Å². The predicted molar refractivity (Wildman–Crippen MR) is 91.1 cm³/mol. The largest absolute Gasteiger partial charge is 0.497 e. The zero-order chi connectivity index (χ0) is 15.5. The number of hydrogen-bond acceptors (Lipinski definition) is 5. The second-order valence-electron chi connectivity index (χ2n) is 4.67. The maximum Gasteiger partial charge on any atom is 0.258 e. The number of hydrogen-bond donors (Lipinski definition) is 1. The number of methoxy groups -OCH3 is 1. The number of aryl methyl sites for hydroxylation is 1. The van der Waals surface area contributed by atoms with Crippen molar-refractivity contribution in [3.05, 3.63) is 51.5 Å². The average Bonchev–Trinajstić information content (AvgIpc) is 3.16. The van der Waals surface area contributed by atoms with Crippen LogP contribution < -0.4 is 10.1 Å². The van der Waals surface area contributed by atoms with Crippen LogP contribution in [0.4, 0.5) is 5.13 Å². The Morgan fingerprint density at radius 3 is 2.59 bits per heavy atom. The highest BCUT2D eigenvalue weighted by Crippen LogP contribution is 2.27. The zero-order valence-corrected chi connectivity index (χ0v) is 13.8. The Balaban J connectivity index is 1.74. The Kier molecular flexibility index (Phi) is 4.22.